The van der Waals surface area contributed by atoms with Crippen molar-refractivity contribution in [2.75, 3.05) is 12.0 Å². The average Bonchev–Trinajstić information content (AvgIpc) is 3.38. The van der Waals surface area contributed by atoms with E-state index in [0.29, 0.717) is 16.5 Å². The predicted octanol–water partition coefficient (Wildman–Crippen LogP) is 6.34. The molecule has 0 unspecified atom stereocenters. The minimum absolute atomic E-state index is 0.0293. The lowest BCUT2D eigenvalue weighted by molar-refractivity contribution is -0.124. The van der Waals surface area contributed by atoms with Crippen molar-refractivity contribution in [2.45, 2.75) is 84.1 Å². The Morgan fingerprint density at radius 1 is 1.16 bits per heavy atom. The number of nitrogens with zero attached hydrogens (tertiary/aromatic N) is 1. The number of ether oxygens (including phenoxy) is 1. The Labute approximate surface area is 196 Å². The summed E-state index contributed by atoms with van der Waals surface area (Å²) in [5.74, 6) is 7.15. The molecule has 0 radical (unpaired) electrons. The largest absolute Gasteiger partial charge is 0.465 e. The second-order valence-electron chi connectivity index (χ2n) is 10.3. The molecule has 4 nitrogen and oxygen atoms in total. The van der Waals surface area contributed by atoms with E-state index in [9.17, 15) is 9.59 Å². The first-order valence-corrected chi connectivity index (χ1v) is 12.9. The number of carbonyl (C=O) groups is 2. The number of rotatable bonds is 4. The van der Waals surface area contributed by atoms with E-state index in [0.717, 1.165) is 69.1 Å². The van der Waals surface area contributed by atoms with E-state index in [2.05, 4.69) is 32.3 Å². The molecule has 1 aromatic rings. The maximum atomic E-state index is 13.9. The highest BCUT2D eigenvalue weighted by molar-refractivity contribution is 7.15. The van der Waals surface area contributed by atoms with Gasteiger partial charge in [0.05, 0.1) is 17.7 Å². The number of methoxy groups -OCH3 is 1. The SMILES string of the molecule is C=C1CCC(N(C(=O)C2CCC(C)CC2)c2cc(C#CC3(C)CC3)sc2C(=O)OC)CC1. The van der Waals surface area contributed by atoms with Crippen LogP contribution in [0.5, 0.6) is 0 Å². The number of hydrogen-bond donors (Lipinski definition) is 0. The van der Waals surface area contributed by atoms with E-state index in [1.165, 1.54) is 24.0 Å². The molecular weight excluding hydrogens is 418 g/mol. The Hall–Kier alpha value is -2.06. The standard InChI is InChI=1S/C27H35NO3S/c1-18-5-9-20(10-6-18)25(29)28(21-11-7-19(2)8-12-21)23-17-22(13-14-27(3)15-16-27)32-24(23)26(30)31-4/h17-18,20-21H,2,5-12,15-16H2,1,3-4H3. The third-order valence-electron chi connectivity index (χ3n) is 7.46. The molecule has 4 rings (SSSR count). The second kappa shape index (κ2) is 9.43. The second-order valence-corrected chi connectivity index (χ2v) is 11.3. The number of hydrogen-bond acceptors (Lipinski definition) is 4. The Kier molecular flexibility index (Phi) is 6.81. The van der Waals surface area contributed by atoms with Gasteiger partial charge in [-0.25, -0.2) is 4.79 Å². The summed E-state index contributed by atoms with van der Waals surface area (Å²) in [7, 11) is 1.40. The molecule has 0 atom stereocenters. The van der Waals surface area contributed by atoms with Crippen LogP contribution in [-0.4, -0.2) is 25.0 Å². The average molecular weight is 454 g/mol. The minimum Gasteiger partial charge on any atom is -0.465 e. The first-order valence-electron chi connectivity index (χ1n) is 12.0. The Morgan fingerprint density at radius 3 is 2.41 bits per heavy atom. The Bertz CT molecular complexity index is 943. The summed E-state index contributed by atoms with van der Waals surface area (Å²) >= 11 is 1.36. The molecular formula is C27H35NO3S. The first-order chi connectivity index (χ1) is 15.3. The first kappa shape index (κ1) is 23.1. The summed E-state index contributed by atoms with van der Waals surface area (Å²) in [6, 6.07) is 2.05. The fourth-order valence-corrected chi connectivity index (χ4v) is 5.78. The van der Waals surface area contributed by atoms with Gasteiger partial charge in [0.15, 0.2) is 0 Å². The van der Waals surface area contributed by atoms with Gasteiger partial charge in [-0.05, 0) is 83.1 Å². The van der Waals surface area contributed by atoms with Crippen molar-refractivity contribution in [3.63, 3.8) is 0 Å². The summed E-state index contributed by atoms with van der Waals surface area (Å²) in [6.07, 6.45) is 9.93. The van der Waals surface area contributed by atoms with Gasteiger partial charge >= 0.3 is 5.97 Å². The molecule has 32 heavy (non-hydrogen) atoms. The van der Waals surface area contributed by atoms with E-state index in [1.54, 1.807) is 0 Å². The number of amides is 1. The lowest BCUT2D eigenvalue weighted by Crippen LogP contribution is -2.46. The van der Waals surface area contributed by atoms with Gasteiger partial charge in [-0.3, -0.25) is 4.79 Å². The van der Waals surface area contributed by atoms with Crippen LogP contribution >= 0.6 is 11.3 Å². The van der Waals surface area contributed by atoms with Crippen molar-refractivity contribution in [2.24, 2.45) is 17.3 Å². The fraction of sp³-hybridized carbons (Fsp3) is 0.630. The molecule has 1 heterocycles. The molecule has 3 aliphatic carbocycles. The van der Waals surface area contributed by atoms with E-state index < -0.39 is 0 Å². The smallest absolute Gasteiger partial charge is 0.350 e. The van der Waals surface area contributed by atoms with Crippen LogP contribution < -0.4 is 4.90 Å². The third kappa shape index (κ3) is 5.12. The number of allylic oxidation sites excluding steroid dienone is 1. The quantitative estimate of drug-likeness (QED) is 0.303. The zero-order chi connectivity index (χ0) is 22.9. The summed E-state index contributed by atoms with van der Waals surface area (Å²) in [5, 5.41) is 0. The van der Waals surface area contributed by atoms with Crippen molar-refractivity contribution < 1.29 is 14.3 Å². The van der Waals surface area contributed by atoms with Gasteiger partial charge in [-0.15, -0.1) is 11.3 Å². The summed E-state index contributed by atoms with van der Waals surface area (Å²) in [5.41, 5.74) is 2.06. The predicted molar refractivity (Wildman–Crippen MR) is 130 cm³/mol. The molecule has 1 aromatic heterocycles. The lowest BCUT2D eigenvalue weighted by Gasteiger charge is -2.38. The highest BCUT2D eigenvalue weighted by Gasteiger charge is 2.37. The maximum absolute atomic E-state index is 13.9. The molecule has 3 aliphatic rings. The number of thiophene rings is 1. The van der Waals surface area contributed by atoms with Gasteiger partial charge in [-0.1, -0.05) is 30.9 Å². The monoisotopic (exact) mass is 453 g/mol. The summed E-state index contributed by atoms with van der Waals surface area (Å²) in [6.45, 7) is 8.59. The number of anilines is 1. The van der Waals surface area contributed by atoms with Gasteiger partial charge < -0.3 is 9.64 Å². The highest BCUT2D eigenvalue weighted by atomic mass is 32.1. The van der Waals surface area contributed by atoms with Crippen LogP contribution in [0.1, 0.15) is 92.6 Å². The van der Waals surface area contributed by atoms with Crippen molar-refractivity contribution in [1.82, 2.24) is 0 Å². The Morgan fingerprint density at radius 2 is 1.81 bits per heavy atom. The van der Waals surface area contributed by atoms with Gasteiger partial charge in [0, 0.05) is 17.4 Å². The molecule has 5 heteroatoms. The topological polar surface area (TPSA) is 46.6 Å². The van der Waals surface area contributed by atoms with Gasteiger partial charge in [0.1, 0.15) is 4.88 Å². The van der Waals surface area contributed by atoms with Crippen LogP contribution in [0.3, 0.4) is 0 Å². The van der Waals surface area contributed by atoms with Gasteiger partial charge in [0.2, 0.25) is 5.91 Å². The number of esters is 1. The molecule has 0 bridgehead atoms. The minimum atomic E-state index is -0.383. The zero-order valence-electron chi connectivity index (χ0n) is 19.7. The molecule has 0 saturated heterocycles. The normalized spacial score (nSPS) is 24.9. The lowest BCUT2D eigenvalue weighted by atomic mass is 9.81. The van der Waals surface area contributed by atoms with Crippen LogP contribution in [0.2, 0.25) is 0 Å². The van der Waals surface area contributed by atoms with E-state index in [1.807, 2.05) is 11.0 Å². The summed E-state index contributed by atoms with van der Waals surface area (Å²) < 4.78 is 5.11. The highest BCUT2D eigenvalue weighted by Crippen LogP contribution is 2.44. The Balaban J connectivity index is 1.70. The maximum Gasteiger partial charge on any atom is 0.350 e. The van der Waals surface area contributed by atoms with Crippen LogP contribution in [-0.2, 0) is 9.53 Å². The van der Waals surface area contributed by atoms with Crippen LogP contribution in [0, 0.1) is 29.1 Å². The van der Waals surface area contributed by atoms with Gasteiger partial charge in [-0.2, -0.15) is 0 Å². The zero-order valence-corrected chi connectivity index (χ0v) is 20.5. The number of carbonyl (C=O) groups excluding carboxylic acids is 2. The van der Waals surface area contributed by atoms with Crippen LogP contribution in [0.15, 0.2) is 18.2 Å². The van der Waals surface area contributed by atoms with Crippen LogP contribution in [0.4, 0.5) is 5.69 Å². The van der Waals surface area contributed by atoms with E-state index in [-0.39, 0.29) is 29.3 Å². The molecule has 3 saturated carbocycles. The molecule has 0 aromatic carbocycles. The van der Waals surface area contributed by atoms with Crippen LogP contribution in [0.25, 0.3) is 0 Å². The third-order valence-corrected chi connectivity index (χ3v) is 8.48. The van der Waals surface area contributed by atoms with Gasteiger partial charge in [0.25, 0.3) is 0 Å². The van der Waals surface area contributed by atoms with Crippen molar-refractivity contribution in [1.29, 1.82) is 0 Å². The van der Waals surface area contributed by atoms with E-state index >= 15 is 0 Å². The molecule has 3 fully saturated rings. The van der Waals surface area contributed by atoms with E-state index in [4.69, 9.17) is 4.74 Å². The molecule has 1 amide bonds. The molecule has 172 valence electrons. The van der Waals surface area contributed by atoms with Crippen molar-refractivity contribution in [3.05, 3.63) is 28.0 Å². The molecule has 0 spiro atoms. The molecule has 0 N–H and O–H groups in total. The molecule has 0 aliphatic heterocycles. The van der Waals surface area contributed by atoms with Crippen molar-refractivity contribution >= 4 is 28.9 Å². The summed E-state index contributed by atoms with van der Waals surface area (Å²) in [4.78, 5) is 29.9. The fourth-order valence-electron chi connectivity index (χ4n) is 4.85. The van der Waals surface area contributed by atoms with Crippen molar-refractivity contribution in [3.8, 4) is 11.8 Å².